The van der Waals surface area contributed by atoms with Crippen molar-refractivity contribution in [1.29, 1.82) is 0 Å². The number of fused-ring (bicyclic) bond motifs is 1. The van der Waals surface area contributed by atoms with Gasteiger partial charge in [0.2, 0.25) is 0 Å². The summed E-state index contributed by atoms with van der Waals surface area (Å²) in [6, 6.07) is 5.43. The molecule has 0 saturated carbocycles. The highest BCUT2D eigenvalue weighted by Crippen LogP contribution is 2.23. The number of ether oxygens (including phenoxy) is 1. The van der Waals surface area contributed by atoms with Gasteiger partial charge in [-0.2, -0.15) is 11.8 Å². The molecule has 0 bridgehead atoms. The first-order chi connectivity index (χ1) is 12.9. The fraction of sp³-hybridized carbons (Fsp3) is 0.421. The minimum Gasteiger partial charge on any atom is -0.548 e. The molecule has 2 aromatic rings. The number of amides is 1. The predicted octanol–water partition coefficient (Wildman–Crippen LogP) is 1.11. The molecule has 0 saturated heterocycles. The van der Waals surface area contributed by atoms with Crippen LogP contribution in [0.25, 0.3) is 11.0 Å². The standard InChI is InChI=1S/C19H23NO6S/c1-3-4-12-9-18(22)26-16-10-13(5-6-14(12)16)25-11-17(21)20-15(19(23)24)7-8-27-2/h5-6,9-10,15H,3-4,7-8,11H2,1-2H3,(H,20,21)(H,23,24)/p-1/t15-/m0/s1. The van der Waals surface area contributed by atoms with Crippen molar-refractivity contribution < 1.29 is 23.8 Å². The molecule has 1 heterocycles. The van der Waals surface area contributed by atoms with E-state index in [1.54, 1.807) is 18.2 Å². The minimum absolute atomic E-state index is 0.274. The third kappa shape index (κ3) is 6.02. The molecule has 1 aromatic carbocycles. The smallest absolute Gasteiger partial charge is 0.336 e. The maximum absolute atomic E-state index is 11.9. The van der Waals surface area contributed by atoms with E-state index in [1.807, 2.05) is 13.2 Å². The maximum atomic E-state index is 11.9. The van der Waals surface area contributed by atoms with Crippen LogP contribution < -0.4 is 20.8 Å². The lowest BCUT2D eigenvalue weighted by Gasteiger charge is -2.19. The number of aryl methyl sites for hydroxylation is 1. The zero-order chi connectivity index (χ0) is 19.8. The fourth-order valence-electron chi connectivity index (χ4n) is 2.65. The molecule has 0 fully saturated rings. The molecule has 1 amide bonds. The third-order valence-electron chi connectivity index (χ3n) is 3.92. The molecule has 1 atom stereocenters. The fourth-order valence-corrected chi connectivity index (χ4v) is 3.12. The average molecular weight is 392 g/mol. The normalized spacial score (nSPS) is 11.9. The van der Waals surface area contributed by atoms with Gasteiger partial charge in [-0.3, -0.25) is 4.79 Å². The van der Waals surface area contributed by atoms with Gasteiger partial charge in [-0.25, -0.2) is 4.79 Å². The van der Waals surface area contributed by atoms with Crippen LogP contribution in [0.1, 0.15) is 25.3 Å². The van der Waals surface area contributed by atoms with Gasteiger partial charge in [0.1, 0.15) is 11.3 Å². The molecular formula is C19H22NO6S-. The van der Waals surface area contributed by atoms with Crippen LogP contribution in [0, 0.1) is 0 Å². The highest BCUT2D eigenvalue weighted by atomic mass is 32.2. The summed E-state index contributed by atoms with van der Waals surface area (Å²) in [7, 11) is 0. The van der Waals surface area contributed by atoms with Crippen molar-refractivity contribution >= 4 is 34.6 Å². The van der Waals surface area contributed by atoms with E-state index in [0.717, 1.165) is 23.8 Å². The summed E-state index contributed by atoms with van der Waals surface area (Å²) in [6.45, 7) is 1.67. The van der Waals surface area contributed by atoms with Gasteiger partial charge >= 0.3 is 5.63 Å². The van der Waals surface area contributed by atoms with Gasteiger partial charge < -0.3 is 24.4 Å². The molecule has 0 radical (unpaired) electrons. The van der Waals surface area contributed by atoms with Crippen molar-refractivity contribution in [3.8, 4) is 5.75 Å². The molecule has 7 nitrogen and oxygen atoms in total. The molecule has 146 valence electrons. The lowest BCUT2D eigenvalue weighted by molar-refractivity contribution is -0.308. The van der Waals surface area contributed by atoms with Crippen LogP contribution in [0.4, 0.5) is 0 Å². The molecule has 2 rings (SSSR count). The number of hydrogen-bond acceptors (Lipinski definition) is 7. The van der Waals surface area contributed by atoms with Gasteiger partial charge in [0.15, 0.2) is 6.61 Å². The molecule has 0 aliphatic heterocycles. The molecule has 0 spiro atoms. The van der Waals surface area contributed by atoms with Gasteiger partial charge in [-0.15, -0.1) is 0 Å². The molecule has 0 aliphatic rings. The summed E-state index contributed by atoms with van der Waals surface area (Å²) in [4.78, 5) is 34.7. The van der Waals surface area contributed by atoms with Crippen LogP contribution in [0.3, 0.4) is 0 Å². The van der Waals surface area contributed by atoms with Gasteiger partial charge in [-0.1, -0.05) is 13.3 Å². The van der Waals surface area contributed by atoms with E-state index < -0.39 is 23.5 Å². The number of benzene rings is 1. The van der Waals surface area contributed by atoms with Gasteiger partial charge in [0, 0.05) is 17.5 Å². The molecule has 1 N–H and O–H groups in total. The number of nitrogens with one attached hydrogen (secondary N) is 1. The summed E-state index contributed by atoms with van der Waals surface area (Å²) >= 11 is 1.48. The first kappa shape index (κ1) is 20.8. The Labute approximate surface area is 161 Å². The zero-order valence-corrected chi connectivity index (χ0v) is 16.1. The van der Waals surface area contributed by atoms with E-state index in [9.17, 15) is 19.5 Å². The Morgan fingerprint density at radius 2 is 2.11 bits per heavy atom. The van der Waals surface area contributed by atoms with Gasteiger partial charge in [0.25, 0.3) is 5.91 Å². The number of carboxylic acid groups (broad SMARTS) is 1. The van der Waals surface area contributed by atoms with E-state index in [-0.39, 0.29) is 13.0 Å². The van der Waals surface area contributed by atoms with Crippen LogP contribution in [0.5, 0.6) is 5.75 Å². The van der Waals surface area contributed by atoms with Crippen LogP contribution in [0.2, 0.25) is 0 Å². The number of rotatable bonds is 10. The second-order valence-electron chi connectivity index (χ2n) is 6.01. The number of carboxylic acids is 1. The van der Waals surface area contributed by atoms with Crippen molar-refractivity contribution in [2.24, 2.45) is 0 Å². The Hall–Kier alpha value is -2.48. The lowest BCUT2D eigenvalue weighted by atomic mass is 10.1. The second-order valence-corrected chi connectivity index (χ2v) is 6.99. The molecular weight excluding hydrogens is 370 g/mol. The van der Waals surface area contributed by atoms with Crippen LogP contribution in [-0.2, 0) is 16.0 Å². The maximum Gasteiger partial charge on any atom is 0.336 e. The summed E-state index contributed by atoms with van der Waals surface area (Å²) in [5.41, 5.74) is 0.849. The van der Waals surface area contributed by atoms with Crippen molar-refractivity contribution in [2.75, 3.05) is 18.6 Å². The Morgan fingerprint density at radius 1 is 1.33 bits per heavy atom. The molecule has 0 unspecified atom stereocenters. The quantitative estimate of drug-likeness (QED) is 0.603. The first-order valence-electron chi connectivity index (χ1n) is 8.63. The molecule has 1 aromatic heterocycles. The van der Waals surface area contributed by atoms with Crippen LogP contribution in [0.15, 0.2) is 33.5 Å². The van der Waals surface area contributed by atoms with Gasteiger partial charge in [-0.05, 0) is 42.5 Å². The van der Waals surface area contributed by atoms with Crippen molar-refractivity contribution in [2.45, 2.75) is 32.2 Å². The Kier molecular flexibility index (Phi) is 7.72. The molecule has 0 aliphatic carbocycles. The molecule has 8 heteroatoms. The zero-order valence-electron chi connectivity index (χ0n) is 15.3. The first-order valence-corrected chi connectivity index (χ1v) is 10.0. The van der Waals surface area contributed by atoms with Crippen LogP contribution >= 0.6 is 11.8 Å². The summed E-state index contributed by atoms with van der Waals surface area (Å²) < 4.78 is 10.6. The predicted molar refractivity (Wildman–Crippen MR) is 102 cm³/mol. The topological polar surface area (TPSA) is 109 Å². The highest BCUT2D eigenvalue weighted by molar-refractivity contribution is 7.98. The van der Waals surface area contributed by atoms with E-state index >= 15 is 0 Å². The highest BCUT2D eigenvalue weighted by Gasteiger charge is 2.14. The number of aliphatic carboxylic acids is 1. The Balaban J connectivity index is 2.05. The van der Waals surface area contributed by atoms with Crippen molar-refractivity contribution in [3.05, 3.63) is 40.2 Å². The monoisotopic (exact) mass is 392 g/mol. The Morgan fingerprint density at radius 3 is 2.78 bits per heavy atom. The average Bonchev–Trinajstić information content (AvgIpc) is 2.63. The summed E-state index contributed by atoms with van der Waals surface area (Å²) in [6.07, 6.45) is 3.77. The minimum atomic E-state index is -1.33. The van der Waals surface area contributed by atoms with E-state index in [1.165, 1.54) is 17.8 Å². The van der Waals surface area contributed by atoms with E-state index in [0.29, 0.717) is 17.1 Å². The van der Waals surface area contributed by atoms with Crippen LogP contribution in [-0.4, -0.2) is 36.5 Å². The number of hydrogen-bond donors (Lipinski definition) is 1. The van der Waals surface area contributed by atoms with Crippen molar-refractivity contribution in [3.63, 3.8) is 0 Å². The lowest BCUT2D eigenvalue weighted by Crippen LogP contribution is -2.49. The third-order valence-corrected chi connectivity index (χ3v) is 4.57. The SMILES string of the molecule is CCCc1cc(=O)oc2cc(OCC(=O)N[C@@H](CCSC)C(=O)[O-])ccc12. The van der Waals surface area contributed by atoms with E-state index in [2.05, 4.69) is 5.32 Å². The summed E-state index contributed by atoms with van der Waals surface area (Å²) in [5, 5.41) is 14.3. The van der Waals surface area contributed by atoms with Gasteiger partial charge in [0.05, 0.1) is 12.0 Å². The summed E-state index contributed by atoms with van der Waals surface area (Å²) in [5.74, 6) is -0.952. The molecule has 27 heavy (non-hydrogen) atoms. The number of carbonyl (C=O) groups is 2. The second kappa shape index (κ2) is 10.0. The van der Waals surface area contributed by atoms with E-state index in [4.69, 9.17) is 9.15 Å². The number of carbonyl (C=O) groups excluding carboxylic acids is 2. The number of thioether (sulfide) groups is 1. The van der Waals surface area contributed by atoms with Crippen molar-refractivity contribution in [1.82, 2.24) is 5.32 Å². The Bertz CT molecular complexity index is 863. The largest absolute Gasteiger partial charge is 0.548 e.